The van der Waals surface area contributed by atoms with Crippen LogP contribution in [0, 0.1) is 23.7 Å². The van der Waals surface area contributed by atoms with Crippen LogP contribution in [-0.4, -0.2) is 59.9 Å². The van der Waals surface area contributed by atoms with E-state index in [9.17, 15) is 10.2 Å². The number of hydrogen-bond acceptors (Lipinski definition) is 6. The van der Waals surface area contributed by atoms with Crippen LogP contribution in [0.4, 0.5) is 0 Å². The molecule has 2 aliphatic heterocycles. The van der Waals surface area contributed by atoms with Gasteiger partial charge in [-0.2, -0.15) is 0 Å². The van der Waals surface area contributed by atoms with E-state index in [0.29, 0.717) is 19.4 Å². The van der Waals surface area contributed by atoms with Crippen molar-refractivity contribution in [1.29, 1.82) is 0 Å². The van der Waals surface area contributed by atoms with Crippen molar-refractivity contribution in [3.63, 3.8) is 0 Å². The molecule has 0 aromatic rings. The molecule has 6 heteroatoms. The van der Waals surface area contributed by atoms with E-state index in [4.69, 9.17) is 18.9 Å². The Kier molecular flexibility index (Phi) is 7.46. The van der Waals surface area contributed by atoms with E-state index in [-0.39, 0.29) is 6.61 Å². The van der Waals surface area contributed by atoms with Crippen molar-refractivity contribution < 1.29 is 29.2 Å². The van der Waals surface area contributed by atoms with E-state index in [1.165, 1.54) is 0 Å². The number of aliphatic hydroxyl groups is 2. The summed E-state index contributed by atoms with van der Waals surface area (Å²) in [5.41, 5.74) is 0. The molecule has 2 aliphatic rings. The van der Waals surface area contributed by atoms with Gasteiger partial charge in [0.15, 0.2) is 12.1 Å². The lowest BCUT2D eigenvalue weighted by molar-refractivity contribution is -0.382. The number of hydrogen-bond donors (Lipinski definition) is 2. The molecule has 0 aromatic carbocycles. The third-order valence-electron chi connectivity index (χ3n) is 3.86. The van der Waals surface area contributed by atoms with Crippen LogP contribution in [-0.2, 0) is 18.9 Å². The molecule has 6 nitrogen and oxygen atoms in total. The first-order valence-electron chi connectivity index (χ1n) is 8.49. The Morgan fingerprint density at radius 2 is 2.04 bits per heavy atom. The summed E-state index contributed by atoms with van der Waals surface area (Å²) in [6, 6.07) is 0. The molecule has 0 spiro atoms. The summed E-state index contributed by atoms with van der Waals surface area (Å²) in [5.74, 6) is 10.4. The summed E-state index contributed by atoms with van der Waals surface area (Å²) >= 11 is 0. The lowest BCUT2D eigenvalue weighted by Crippen LogP contribution is -2.64. The Morgan fingerprint density at radius 1 is 1.24 bits per heavy atom. The zero-order valence-corrected chi connectivity index (χ0v) is 14.9. The molecule has 0 aliphatic carbocycles. The largest absolute Gasteiger partial charge is 0.387 e. The van der Waals surface area contributed by atoms with Crippen molar-refractivity contribution in [2.75, 3.05) is 13.2 Å². The summed E-state index contributed by atoms with van der Waals surface area (Å²) < 4.78 is 22.4. The minimum Gasteiger partial charge on any atom is -0.387 e. The molecule has 2 heterocycles. The molecule has 5 unspecified atom stereocenters. The van der Waals surface area contributed by atoms with Crippen LogP contribution in [0.15, 0.2) is 12.2 Å². The molecular formula is C19H26O6. The molecule has 0 bridgehead atoms. The van der Waals surface area contributed by atoms with Crippen LogP contribution < -0.4 is 0 Å². The predicted octanol–water partition coefficient (Wildman–Crippen LogP) is 0.964. The SMILES string of the molecule is CC=CC#CC#CCCCOC1OC2COC(C)(C)OC2C(O)C1O. The second-order valence-corrected chi connectivity index (χ2v) is 6.36. The van der Waals surface area contributed by atoms with Gasteiger partial charge >= 0.3 is 0 Å². The summed E-state index contributed by atoms with van der Waals surface area (Å²) in [4.78, 5) is 0. The van der Waals surface area contributed by atoms with E-state index in [1.54, 1.807) is 19.9 Å². The fourth-order valence-electron chi connectivity index (χ4n) is 2.60. The van der Waals surface area contributed by atoms with Gasteiger partial charge < -0.3 is 29.2 Å². The predicted molar refractivity (Wildman–Crippen MR) is 91.1 cm³/mol. The maximum Gasteiger partial charge on any atom is 0.186 e. The number of ether oxygens (including phenoxy) is 4. The fourth-order valence-corrected chi connectivity index (χ4v) is 2.60. The highest BCUT2D eigenvalue weighted by molar-refractivity contribution is 5.30. The van der Waals surface area contributed by atoms with E-state index < -0.39 is 36.5 Å². The molecule has 0 saturated carbocycles. The van der Waals surface area contributed by atoms with E-state index in [0.717, 1.165) is 0 Å². The third kappa shape index (κ3) is 5.83. The molecule has 25 heavy (non-hydrogen) atoms. The van der Waals surface area contributed by atoms with Crippen LogP contribution in [0.5, 0.6) is 0 Å². The van der Waals surface area contributed by atoms with Crippen LogP contribution in [0.3, 0.4) is 0 Å². The monoisotopic (exact) mass is 350 g/mol. The topological polar surface area (TPSA) is 77.4 Å². The molecule has 0 amide bonds. The Bertz CT molecular complexity index is 574. The minimum absolute atomic E-state index is 0.275. The van der Waals surface area contributed by atoms with E-state index in [1.807, 2.05) is 13.0 Å². The van der Waals surface area contributed by atoms with Gasteiger partial charge in [-0.05, 0) is 45.1 Å². The van der Waals surface area contributed by atoms with Gasteiger partial charge in [0, 0.05) is 6.42 Å². The summed E-state index contributed by atoms with van der Waals surface area (Å²) in [7, 11) is 0. The lowest BCUT2D eigenvalue weighted by atomic mass is 9.97. The van der Waals surface area contributed by atoms with Crippen molar-refractivity contribution in [2.45, 2.75) is 70.1 Å². The highest BCUT2D eigenvalue weighted by Crippen LogP contribution is 2.32. The van der Waals surface area contributed by atoms with Crippen molar-refractivity contribution in [3.8, 4) is 23.7 Å². The van der Waals surface area contributed by atoms with Crippen LogP contribution in [0.25, 0.3) is 0 Å². The first-order chi connectivity index (χ1) is 11.9. The van der Waals surface area contributed by atoms with Crippen molar-refractivity contribution in [3.05, 3.63) is 12.2 Å². The standard InChI is InChI=1S/C19H26O6/c1-4-5-6-7-8-9-10-11-12-22-18-16(21)15(20)17-14(24-18)13-23-19(2,3)25-17/h4-5,14-18,20-21H,10-13H2,1-3H3. The van der Waals surface area contributed by atoms with Crippen LogP contribution >= 0.6 is 0 Å². The average Bonchev–Trinajstić information content (AvgIpc) is 2.58. The molecule has 0 aromatic heterocycles. The van der Waals surface area contributed by atoms with Gasteiger partial charge in [-0.3, -0.25) is 0 Å². The molecular weight excluding hydrogens is 324 g/mol. The van der Waals surface area contributed by atoms with Gasteiger partial charge in [0.25, 0.3) is 0 Å². The Hall–Kier alpha value is -1.38. The fraction of sp³-hybridized carbons (Fsp3) is 0.684. The molecule has 2 saturated heterocycles. The number of aliphatic hydroxyl groups excluding tert-OH is 2. The second-order valence-electron chi connectivity index (χ2n) is 6.36. The molecule has 0 radical (unpaired) electrons. The smallest absolute Gasteiger partial charge is 0.186 e. The molecule has 138 valence electrons. The number of fused-ring (bicyclic) bond motifs is 1. The number of unbranched alkanes of at least 4 members (excludes halogenated alkanes) is 1. The summed E-state index contributed by atoms with van der Waals surface area (Å²) in [6.07, 6.45) is 0.599. The Morgan fingerprint density at radius 3 is 2.80 bits per heavy atom. The Balaban J connectivity index is 1.75. The maximum absolute atomic E-state index is 10.3. The van der Waals surface area contributed by atoms with Crippen LogP contribution in [0.2, 0.25) is 0 Å². The van der Waals surface area contributed by atoms with Crippen LogP contribution in [0.1, 0.15) is 33.6 Å². The maximum atomic E-state index is 10.3. The quantitative estimate of drug-likeness (QED) is 0.581. The highest BCUT2D eigenvalue weighted by atomic mass is 16.8. The zero-order valence-electron chi connectivity index (χ0n) is 14.9. The van der Waals surface area contributed by atoms with Gasteiger partial charge in [0.2, 0.25) is 0 Å². The normalized spacial score (nSPS) is 33.7. The van der Waals surface area contributed by atoms with E-state index in [2.05, 4.69) is 23.7 Å². The molecule has 5 atom stereocenters. The first kappa shape index (κ1) is 19.9. The number of rotatable bonds is 4. The van der Waals surface area contributed by atoms with Gasteiger partial charge in [0.1, 0.15) is 24.4 Å². The van der Waals surface area contributed by atoms with Gasteiger partial charge in [-0.1, -0.05) is 17.9 Å². The van der Waals surface area contributed by atoms with Crippen molar-refractivity contribution in [1.82, 2.24) is 0 Å². The van der Waals surface area contributed by atoms with E-state index >= 15 is 0 Å². The molecule has 2 N–H and O–H groups in total. The average molecular weight is 350 g/mol. The zero-order chi connectivity index (χ0) is 18.3. The van der Waals surface area contributed by atoms with Gasteiger partial charge in [-0.25, -0.2) is 0 Å². The Labute approximate surface area is 149 Å². The third-order valence-corrected chi connectivity index (χ3v) is 3.86. The summed E-state index contributed by atoms with van der Waals surface area (Å²) in [6.45, 7) is 6.05. The van der Waals surface area contributed by atoms with Gasteiger partial charge in [0.05, 0.1) is 13.2 Å². The lowest BCUT2D eigenvalue weighted by Gasteiger charge is -2.48. The van der Waals surface area contributed by atoms with Gasteiger partial charge in [-0.15, -0.1) is 0 Å². The van der Waals surface area contributed by atoms with Crippen molar-refractivity contribution in [2.24, 2.45) is 0 Å². The van der Waals surface area contributed by atoms with Crippen molar-refractivity contribution >= 4 is 0 Å². The highest BCUT2D eigenvalue weighted by Gasteiger charge is 2.50. The minimum atomic E-state index is -1.17. The second kappa shape index (κ2) is 9.35. The number of allylic oxidation sites excluding steroid dienone is 2. The summed E-state index contributed by atoms with van der Waals surface area (Å²) in [5, 5.41) is 20.5. The molecule has 2 rings (SSSR count). The first-order valence-corrected chi connectivity index (χ1v) is 8.49. The molecule has 2 fully saturated rings.